The van der Waals surface area contributed by atoms with Gasteiger partial charge in [-0.15, -0.1) is 12.4 Å². The van der Waals surface area contributed by atoms with Gasteiger partial charge in [0.05, 0.1) is 0 Å². The summed E-state index contributed by atoms with van der Waals surface area (Å²) in [5.41, 5.74) is 8.31. The van der Waals surface area contributed by atoms with Crippen molar-refractivity contribution in [3.63, 3.8) is 0 Å². The highest BCUT2D eigenvalue weighted by atomic mass is 35.5. The Morgan fingerprint density at radius 2 is 1.86 bits per heavy atom. The minimum absolute atomic E-state index is 0. The van der Waals surface area contributed by atoms with Gasteiger partial charge in [0.2, 0.25) is 5.91 Å². The first-order valence-corrected chi connectivity index (χ1v) is 7.73. The molecular weight excluding hydrogens is 284 g/mol. The molecule has 4 heteroatoms. The quantitative estimate of drug-likeness (QED) is 0.840. The standard InChI is InChI=1S/C17H26N2O.ClH/c1-3-14-5-7-15(8-6-14)12-19(16-9-10-16)17(20)11-4-13(2)18;/h5-8,13,16H,3-4,9-12,18H2,1-2H3;1H. The van der Waals surface area contributed by atoms with E-state index >= 15 is 0 Å². The second-order valence-corrected chi connectivity index (χ2v) is 5.94. The zero-order valence-corrected chi connectivity index (χ0v) is 13.9. The van der Waals surface area contributed by atoms with Gasteiger partial charge in [0.15, 0.2) is 0 Å². The van der Waals surface area contributed by atoms with Gasteiger partial charge in [-0.1, -0.05) is 31.2 Å². The van der Waals surface area contributed by atoms with Crippen molar-refractivity contribution in [2.45, 2.75) is 64.6 Å². The fraction of sp³-hybridized carbons (Fsp3) is 0.588. The minimum Gasteiger partial charge on any atom is -0.335 e. The van der Waals surface area contributed by atoms with Crippen molar-refractivity contribution in [3.05, 3.63) is 35.4 Å². The van der Waals surface area contributed by atoms with Gasteiger partial charge < -0.3 is 10.6 Å². The van der Waals surface area contributed by atoms with Gasteiger partial charge in [-0.25, -0.2) is 0 Å². The number of hydrogen-bond donors (Lipinski definition) is 1. The third kappa shape index (κ3) is 5.68. The van der Waals surface area contributed by atoms with E-state index in [1.165, 1.54) is 11.1 Å². The molecule has 0 spiro atoms. The summed E-state index contributed by atoms with van der Waals surface area (Å²) in [6.45, 7) is 4.85. The molecule has 21 heavy (non-hydrogen) atoms. The lowest BCUT2D eigenvalue weighted by atomic mass is 10.1. The fourth-order valence-corrected chi connectivity index (χ4v) is 2.38. The van der Waals surface area contributed by atoms with E-state index in [0.29, 0.717) is 12.5 Å². The molecule has 0 bridgehead atoms. The van der Waals surface area contributed by atoms with E-state index in [0.717, 1.165) is 32.2 Å². The van der Waals surface area contributed by atoms with Gasteiger partial charge in [-0.2, -0.15) is 0 Å². The molecule has 1 aliphatic rings. The van der Waals surface area contributed by atoms with Gasteiger partial charge in [-0.05, 0) is 43.7 Å². The summed E-state index contributed by atoms with van der Waals surface area (Å²) in [6, 6.07) is 9.17. The Balaban J connectivity index is 0.00000220. The zero-order valence-electron chi connectivity index (χ0n) is 13.0. The Morgan fingerprint density at radius 1 is 1.29 bits per heavy atom. The van der Waals surface area contributed by atoms with Crippen LogP contribution in [0.2, 0.25) is 0 Å². The van der Waals surface area contributed by atoms with Crippen LogP contribution >= 0.6 is 12.4 Å². The summed E-state index contributed by atoms with van der Waals surface area (Å²) in [6.07, 6.45) is 4.70. The predicted molar refractivity (Wildman–Crippen MR) is 89.5 cm³/mol. The average Bonchev–Trinajstić information content (AvgIpc) is 3.27. The summed E-state index contributed by atoms with van der Waals surface area (Å²) in [5.74, 6) is 0.254. The van der Waals surface area contributed by atoms with Crippen LogP contribution in [0.4, 0.5) is 0 Å². The molecule has 0 saturated heterocycles. The molecule has 0 heterocycles. The molecule has 0 aliphatic heterocycles. The fourth-order valence-electron chi connectivity index (χ4n) is 2.38. The largest absolute Gasteiger partial charge is 0.335 e. The first kappa shape index (κ1) is 18.0. The lowest BCUT2D eigenvalue weighted by Crippen LogP contribution is -2.33. The topological polar surface area (TPSA) is 46.3 Å². The molecule has 0 radical (unpaired) electrons. The van der Waals surface area contributed by atoms with E-state index in [4.69, 9.17) is 5.73 Å². The lowest BCUT2D eigenvalue weighted by molar-refractivity contribution is -0.132. The van der Waals surface area contributed by atoms with Crippen molar-refractivity contribution in [2.24, 2.45) is 5.73 Å². The monoisotopic (exact) mass is 310 g/mol. The maximum atomic E-state index is 12.3. The summed E-state index contributed by atoms with van der Waals surface area (Å²) < 4.78 is 0. The van der Waals surface area contributed by atoms with Crippen molar-refractivity contribution in [1.82, 2.24) is 4.90 Å². The van der Waals surface area contributed by atoms with Crippen molar-refractivity contribution in [1.29, 1.82) is 0 Å². The number of amides is 1. The molecule has 2 N–H and O–H groups in total. The Hall–Kier alpha value is -1.06. The Bertz CT molecular complexity index is 441. The molecule has 1 aromatic rings. The molecule has 118 valence electrons. The third-order valence-corrected chi connectivity index (χ3v) is 3.91. The number of nitrogens with zero attached hydrogens (tertiary/aromatic N) is 1. The number of nitrogens with two attached hydrogens (primary N) is 1. The highest BCUT2D eigenvalue weighted by Crippen LogP contribution is 2.29. The molecule has 1 aromatic carbocycles. The maximum absolute atomic E-state index is 12.3. The van der Waals surface area contributed by atoms with Gasteiger partial charge in [0.25, 0.3) is 0 Å². The molecule has 1 atom stereocenters. The van der Waals surface area contributed by atoms with Crippen LogP contribution in [0.25, 0.3) is 0 Å². The average molecular weight is 311 g/mol. The first-order chi connectivity index (χ1) is 9.60. The Morgan fingerprint density at radius 3 is 2.33 bits per heavy atom. The number of benzene rings is 1. The van der Waals surface area contributed by atoms with E-state index in [9.17, 15) is 4.79 Å². The van der Waals surface area contributed by atoms with Crippen LogP contribution in [0.5, 0.6) is 0 Å². The Kier molecular flexibility index (Phi) is 7.20. The second-order valence-electron chi connectivity index (χ2n) is 5.94. The molecular formula is C17H27ClN2O. The highest BCUT2D eigenvalue weighted by Gasteiger charge is 2.32. The smallest absolute Gasteiger partial charge is 0.223 e. The summed E-state index contributed by atoms with van der Waals surface area (Å²) in [5, 5.41) is 0. The molecule has 1 unspecified atom stereocenters. The number of aryl methyl sites for hydroxylation is 1. The third-order valence-electron chi connectivity index (χ3n) is 3.91. The molecule has 1 amide bonds. The van der Waals surface area contributed by atoms with Crippen molar-refractivity contribution >= 4 is 18.3 Å². The van der Waals surface area contributed by atoms with Crippen LogP contribution in [-0.4, -0.2) is 22.9 Å². The number of carbonyl (C=O) groups excluding carboxylic acids is 1. The van der Waals surface area contributed by atoms with Gasteiger partial charge in [0, 0.05) is 25.0 Å². The van der Waals surface area contributed by atoms with E-state index in [1.54, 1.807) is 0 Å². The molecule has 2 rings (SSSR count). The van der Waals surface area contributed by atoms with E-state index < -0.39 is 0 Å². The maximum Gasteiger partial charge on any atom is 0.223 e. The van der Waals surface area contributed by atoms with E-state index in [-0.39, 0.29) is 24.4 Å². The van der Waals surface area contributed by atoms with Crippen LogP contribution in [-0.2, 0) is 17.8 Å². The molecule has 0 aromatic heterocycles. The van der Waals surface area contributed by atoms with Gasteiger partial charge >= 0.3 is 0 Å². The number of halogens is 1. The van der Waals surface area contributed by atoms with E-state index in [1.807, 2.05) is 11.8 Å². The van der Waals surface area contributed by atoms with Gasteiger partial charge in [-0.3, -0.25) is 4.79 Å². The molecule has 1 saturated carbocycles. The first-order valence-electron chi connectivity index (χ1n) is 7.73. The van der Waals surface area contributed by atoms with Crippen LogP contribution < -0.4 is 5.73 Å². The zero-order chi connectivity index (χ0) is 14.5. The lowest BCUT2D eigenvalue weighted by Gasteiger charge is -2.23. The predicted octanol–water partition coefficient (Wildman–Crippen LogP) is 3.29. The summed E-state index contributed by atoms with van der Waals surface area (Å²) >= 11 is 0. The van der Waals surface area contributed by atoms with Gasteiger partial charge in [0.1, 0.15) is 0 Å². The summed E-state index contributed by atoms with van der Waals surface area (Å²) in [7, 11) is 0. The highest BCUT2D eigenvalue weighted by molar-refractivity contribution is 5.85. The minimum atomic E-state index is 0. The Labute approximate surface area is 134 Å². The van der Waals surface area contributed by atoms with E-state index in [2.05, 4.69) is 31.2 Å². The van der Waals surface area contributed by atoms with Crippen LogP contribution in [0.3, 0.4) is 0 Å². The normalized spacial score (nSPS) is 15.2. The van der Waals surface area contributed by atoms with Crippen LogP contribution in [0.15, 0.2) is 24.3 Å². The molecule has 1 fully saturated rings. The number of hydrogen-bond acceptors (Lipinski definition) is 2. The van der Waals surface area contributed by atoms with Crippen LogP contribution in [0.1, 0.15) is 50.7 Å². The van der Waals surface area contributed by atoms with Crippen LogP contribution in [0, 0.1) is 0 Å². The van der Waals surface area contributed by atoms with Crippen molar-refractivity contribution < 1.29 is 4.79 Å². The number of carbonyl (C=O) groups is 1. The SMILES string of the molecule is CCc1ccc(CN(C(=O)CCC(C)N)C2CC2)cc1.Cl. The van der Waals surface area contributed by atoms with Crippen molar-refractivity contribution in [3.8, 4) is 0 Å². The van der Waals surface area contributed by atoms with Crippen molar-refractivity contribution in [2.75, 3.05) is 0 Å². The number of rotatable bonds is 7. The second kappa shape index (κ2) is 8.40. The molecule has 1 aliphatic carbocycles. The molecule has 3 nitrogen and oxygen atoms in total. The summed E-state index contributed by atoms with van der Waals surface area (Å²) in [4.78, 5) is 14.4.